The highest BCUT2D eigenvalue weighted by Gasteiger charge is 2.07. The van der Waals surface area contributed by atoms with Crippen molar-refractivity contribution in [3.8, 4) is 5.75 Å². The first-order valence-electron chi connectivity index (χ1n) is 8.32. The fourth-order valence-corrected chi connectivity index (χ4v) is 2.36. The van der Waals surface area contributed by atoms with Gasteiger partial charge in [0.05, 0.1) is 4.92 Å². The second-order valence-electron chi connectivity index (χ2n) is 5.84. The van der Waals surface area contributed by atoms with E-state index in [0.29, 0.717) is 17.3 Å². The van der Waals surface area contributed by atoms with Gasteiger partial charge in [-0.15, -0.1) is 0 Å². The van der Waals surface area contributed by atoms with Crippen LogP contribution in [0.25, 0.3) is 0 Å². The van der Waals surface area contributed by atoms with E-state index in [4.69, 9.17) is 4.74 Å². The summed E-state index contributed by atoms with van der Waals surface area (Å²) in [4.78, 5) is 30.4. The van der Waals surface area contributed by atoms with Gasteiger partial charge in [0.25, 0.3) is 11.6 Å². The molecule has 0 spiro atoms. The molecule has 3 rings (SSSR count). The average molecular weight is 379 g/mol. The van der Waals surface area contributed by atoms with Crippen LogP contribution in [0.3, 0.4) is 0 Å². The Morgan fingerprint density at radius 1 is 1.11 bits per heavy atom. The van der Waals surface area contributed by atoms with E-state index in [-0.39, 0.29) is 18.2 Å². The van der Waals surface area contributed by atoms with Crippen molar-refractivity contribution in [2.45, 2.75) is 6.92 Å². The summed E-state index contributed by atoms with van der Waals surface area (Å²) in [5.41, 5.74) is 2.14. The number of benzene rings is 2. The molecule has 1 amide bonds. The summed E-state index contributed by atoms with van der Waals surface area (Å²) >= 11 is 0. The Morgan fingerprint density at radius 2 is 1.86 bits per heavy atom. The van der Waals surface area contributed by atoms with Gasteiger partial charge in [0.15, 0.2) is 6.61 Å². The van der Waals surface area contributed by atoms with Crippen LogP contribution in [0.15, 0.2) is 60.9 Å². The number of carbonyl (C=O) groups excluding carboxylic acids is 1. The van der Waals surface area contributed by atoms with Crippen LogP contribution >= 0.6 is 0 Å². The molecule has 0 aliphatic heterocycles. The number of nitrogens with zero attached hydrogens (tertiary/aromatic N) is 3. The molecule has 1 aromatic heterocycles. The summed E-state index contributed by atoms with van der Waals surface area (Å²) in [6.45, 7) is 1.65. The number of carbonyl (C=O) groups is 1. The maximum Gasteiger partial charge on any atom is 0.269 e. The molecule has 0 atom stereocenters. The molecule has 9 nitrogen and oxygen atoms in total. The number of nitro groups is 1. The van der Waals surface area contributed by atoms with Crippen LogP contribution in [0, 0.1) is 17.0 Å². The van der Waals surface area contributed by atoms with Crippen LogP contribution in [-0.2, 0) is 4.79 Å². The molecule has 0 fully saturated rings. The predicted molar refractivity (Wildman–Crippen MR) is 104 cm³/mol. The van der Waals surface area contributed by atoms with E-state index in [2.05, 4.69) is 20.6 Å². The predicted octanol–water partition coefficient (Wildman–Crippen LogP) is 3.45. The minimum Gasteiger partial charge on any atom is -0.484 e. The van der Waals surface area contributed by atoms with Crippen LogP contribution in [0.5, 0.6) is 5.75 Å². The van der Waals surface area contributed by atoms with Crippen LogP contribution in [-0.4, -0.2) is 27.4 Å². The lowest BCUT2D eigenvalue weighted by Crippen LogP contribution is -2.20. The van der Waals surface area contributed by atoms with Gasteiger partial charge in [-0.25, -0.2) is 9.97 Å². The van der Waals surface area contributed by atoms with Gasteiger partial charge in [-0.2, -0.15) is 0 Å². The van der Waals surface area contributed by atoms with Crippen LogP contribution in [0.1, 0.15) is 5.69 Å². The van der Waals surface area contributed by atoms with Gasteiger partial charge in [0.2, 0.25) is 0 Å². The van der Waals surface area contributed by atoms with E-state index in [1.54, 1.807) is 18.2 Å². The van der Waals surface area contributed by atoms with Crippen molar-refractivity contribution in [2.24, 2.45) is 0 Å². The fraction of sp³-hybridized carbons (Fsp3) is 0.105. The van der Waals surface area contributed by atoms with Gasteiger partial charge < -0.3 is 15.4 Å². The summed E-state index contributed by atoms with van der Waals surface area (Å²) in [7, 11) is 0. The number of nitrogens with one attached hydrogen (secondary N) is 2. The standard InChI is InChI=1S/C19H17N5O4/c1-13-9-18(21-12-20-13)22-14-3-2-4-15(10-14)23-19(25)11-28-17-7-5-16(6-8-17)24(26)27/h2-10,12H,11H2,1H3,(H,23,25)(H,20,21,22). The zero-order chi connectivity index (χ0) is 19.9. The van der Waals surface area contributed by atoms with Gasteiger partial charge >= 0.3 is 0 Å². The van der Waals surface area contributed by atoms with Gasteiger partial charge in [0.1, 0.15) is 17.9 Å². The van der Waals surface area contributed by atoms with Crippen LogP contribution < -0.4 is 15.4 Å². The van der Waals surface area contributed by atoms with E-state index in [0.717, 1.165) is 11.4 Å². The highest BCUT2D eigenvalue weighted by molar-refractivity contribution is 5.92. The molecule has 1 heterocycles. The Kier molecular flexibility index (Phi) is 5.75. The smallest absolute Gasteiger partial charge is 0.269 e. The number of nitro benzene ring substituents is 1. The Morgan fingerprint density at radius 3 is 2.57 bits per heavy atom. The quantitative estimate of drug-likeness (QED) is 0.476. The Bertz CT molecular complexity index is 992. The number of hydrogen-bond acceptors (Lipinski definition) is 7. The second kappa shape index (κ2) is 8.58. The number of hydrogen-bond donors (Lipinski definition) is 2. The van der Waals surface area contributed by atoms with Crippen molar-refractivity contribution in [2.75, 3.05) is 17.2 Å². The SMILES string of the molecule is Cc1cc(Nc2cccc(NC(=O)COc3ccc([N+](=O)[O-])cc3)c2)ncn1. The van der Waals surface area contributed by atoms with Crippen molar-refractivity contribution in [1.29, 1.82) is 0 Å². The average Bonchev–Trinajstić information content (AvgIpc) is 2.67. The minimum atomic E-state index is -0.500. The van der Waals surface area contributed by atoms with Crippen molar-refractivity contribution < 1.29 is 14.5 Å². The number of ether oxygens (including phenoxy) is 1. The molecule has 0 aliphatic carbocycles. The van der Waals surface area contributed by atoms with Gasteiger partial charge in [-0.05, 0) is 37.3 Å². The molecule has 0 saturated carbocycles. The summed E-state index contributed by atoms with van der Waals surface area (Å²) in [5.74, 6) is 0.668. The molecule has 0 aliphatic rings. The van der Waals surface area contributed by atoms with Crippen molar-refractivity contribution in [1.82, 2.24) is 9.97 Å². The first-order chi connectivity index (χ1) is 13.5. The molecule has 0 bridgehead atoms. The fourth-order valence-electron chi connectivity index (χ4n) is 2.36. The summed E-state index contributed by atoms with van der Waals surface area (Å²) < 4.78 is 5.35. The molecular weight excluding hydrogens is 362 g/mol. The summed E-state index contributed by atoms with van der Waals surface area (Å²) in [6, 6.07) is 14.5. The lowest BCUT2D eigenvalue weighted by molar-refractivity contribution is -0.384. The van der Waals surface area contributed by atoms with Crippen LogP contribution in [0.4, 0.5) is 22.9 Å². The lowest BCUT2D eigenvalue weighted by Gasteiger charge is -2.10. The Labute approximate surface area is 160 Å². The zero-order valence-electron chi connectivity index (χ0n) is 15.0. The number of amides is 1. The molecule has 3 aromatic rings. The maximum absolute atomic E-state index is 12.1. The van der Waals surface area contributed by atoms with Crippen molar-refractivity contribution in [3.63, 3.8) is 0 Å². The molecule has 2 aromatic carbocycles. The van der Waals surface area contributed by atoms with Crippen molar-refractivity contribution >= 4 is 28.8 Å². The number of anilines is 3. The zero-order valence-corrected chi connectivity index (χ0v) is 15.0. The van der Waals surface area contributed by atoms with E-state index in [1.807, 2.05) is 19.1 Å². The van der Waals surface area contributed by atoms with Crippen molar-refractivity contribution in [3.05, 3.63) is 76.7 Å². The van der Waals surface area contributed by atoms with Gasteiger partial charge in [0, 0.05) is 35.3 Å². The third-order valence-electron chi connectivity index (χ3n) is 3.64. The molecule has 0 unspecified atom stereocenters. The summed E-state index contributed by atoms with van der Waals surface area (Å²) in [6.07, 6.45) is 1.47. The Hall–Kier alpha value is -4.01. The molecule has 0 saturated heterocycles. The minimum absolute atomic E-state index is 0.0417. The summed E-state index contributed by atoms with van der Waals surface area (Å²) in [5, 5.41) is 16.5. The monoisotopic (exact) mass is 379 g/mol. The van der Waals surface area contributed by atoms with Crippen LogP contribution in [0.2, 0.25) is 0 Å². The molecule has 0 radical (unpaired) electrons. The molecule has 28 heavy (non-hydrogen) atoms. The first-order valence-corrected chi connectivity index (χ1v) is 8.32. The maximum atomic E-state index is 12.1. The van der Waals surface area contributed by atoms with E-state index in [1.165, 1.54) is 30.6 Å². The highest BCUT2D eigenvalue weighted by atomic mass is 16.6. The number of rotatable bonds is 7. The molecule has 2 N–H and O–H groups in total. The molecule has 142 valence electrons. The van der Waals surface area contributed by atoms with E-state index < -0.39 is 4.92 Å². The normalized spacial score (nSPS) is 10.2. The molecule has 9 heteroatoms. The topological polar surface area (TPSA) is 119 Å². The van der Waals surface area contributed by atoms with E-state index in [9.17, 15) is 14.9 Å². The third-order valence-corrected chi connectivity index (χ3v) is 3.64. The van der Waals surface area contributed by atoms with E-state index >= 15 is 0 Å². The number of aryl methyl sites for hydroxylation is 1. The van der Waals surface area contributed by atoms with Gasteiger partial charge in [-0.1, -0.05) is 6.07 Å². The first kappa shape index (κ1) is 18.8. The van der Waals surface area contributed by atoms with Gasteiger partial charge in [-0.3, -0.25) is 14.9 Å². The highest BCUT2D eigenvalue weighted by Crippen LogP contribution is 2.20. The second-order valence-corrected chi connectivity index (χ2v) is 5.84. The Balaban J connectivity index is 1.56. The largest absolute Gasteiger partial charge is 0.484 e. The lowest BCUT2D eigenvalue weighted by atomic mass is 10.2. The number of aromatic nitrogens is 2. The third kappa shape index (κ3) is 5.24. The molecular formula is C19H17N5O4. The number of non-ortho nitro benzene ring substituents is 1.